The van der Waals surface area contributed by atoms with Crippen LogP contribution >= 0.6 is 11.3 Å². The monoisotopic (exact) mass is 233 g/mol. The van der Waals surface area contributed by atoms with Gasteiger partial charge in [0.2, 0.25) is 0 Å². The highest BCUT2D eigenvalue weighted by molar-refractivity contribution is 7.13. The first-order valence-electron chi connectivity index (χ1n) is 5.24. The highest BCUT2D eigenvalue weighted by Crippen LogP contribution is 2.12. The van der Waals surface area contributed by atoms with Crippen molar-refractivity contribution in [3.8, 4) is 0 Å². The normalized spacial score (nSPS) is 10.3. The summed E-state index contributed by atoms with van der Waals surface area (Å²) in [7, 11) is 0. The molecule has 0 aliphatic heterocycles. The van der Waals surface area contributed by atoms with Crippen molar-refractivity contribution in [1.82, 2.24) is 4.98 Å². The molecule has 0 saturated carbocycles. The molecule has 3 N–H and O–H groups in total. The molecule has 2 rings (SSSR count). The van der Waals surface area contributed by atoms with Gasteiger partial charge in [0, 0.05) is 24.0 Å². The van der Waals surface area contributed by atoms with Crippen LogP contribution in [0, 0.1) is 6.92 Å². The third kappa shape index (κ3) is 2.97. The molecule has 0 unspecified atom stereocenters. The number of hydrogen-bond acceptors (Lipinski definition) is 4. The van der Waals surface area contributed by atoms with Gasteiger partial charge < -0.3 is 11.1 Å². The molecule has 3 nitrogen and oxygen atoms in total. The Labute approximate surface area is 99.3 Å². The first kappa shape index (κ1) is 11.0. The molecule has 1 heterocycles. The molecule has 0 aliphatic carbocycles. The molecule has 0 saturated heterocycles. The van der Waals surface area contributed by atoms with Crippen molar-refractivity contribution < 1.29 is 0 Å². The van der Waals surface area contributed by atoms with Crippen LogP contribution in [0.15, 0.2) is 29.6 Å². The van der Waals surface area contributed by atoms with Crippen LogP contribution in [0.25, 0.3) is 0 Å². The first-order valence-corrected chi connectivity index (χ1v) is 6.12. The van der Waals surface area contributed by atoms with Crippen LogP contribution in [0.2, 0.25) is 0 Å². The topological polar surface area (TPSA) is 50.9 Å². The molecule has 0 spiro atoms. The summed E-state index contributed by atoms with van der Waals surface area (Å²) in [6.07, 6.45) is 0.904. The Morgan fingerprint density at radius 2 is 2.06 bits per heavy atom. The molecule has 2 aromatic rings. The van der Waals surface area contributed by atoms with Gasteiger partial charge in [-0.3, -0.25) is 0 Å². The first-order chi connectivity index (χ1) is 7.74. The molecule has 0 bridgehead atoms. The second-order valence-corrected chi connectivity index (χ2v) is 4.61. The summed E-state index contributed by atoms with van der Waals surface area (Å²) < 4.78 is 0. The number of thiazole rings is 1. The van der Waals surface area contributed by atoms with Gasteiger partial charge in [-0.15, -0.1) is 11.3 Å². The van der Waals surface area contributed by atoms with Crippen molar-refractivity contribution in [1.29, 1.82) is 0 Å². The van der Waals surface area contributed by atoms with Gasteiger partial charge in [-0.25, -0.2) is 4.98 Å². The number of anilines is 2. The van der Waals surface area contributed by atoms with Crippen LogP contribution in [-0.4, -0.2) is 11.5 Å². The van der Waals surface area contributed by atoms with E-state index in [-0.39, 0.29) is 0 Å². The zero-order chi connectivity index (χ0) is 11.4. The lowest BCUT2D eigenvalue weighted by atomic mass is 10.2. The number of nitrogens with two attached hydrogens (primary N) is 1. The zero-order valence-corrected chi connectivity index (χ0v) is 10.1. The van der Waals surface area contributed by atoms with E-state index in [1.54, 1.807) is 0 Å². The number of aryl methyl sites for hydroxylation is 1. The Kier molecular flexibility index (Phi) is 3.41. The van der Waals surface area contributed by atoms with E-state index in [1.165, 1.54) is 16.9 Å². The van der Waals surface area contributed by atoms with E-state index in [9.17, 15) is 0 Å². The Morgan fingerprint density at radius 1 is 1.31 bits per heavy atom. The van der Waals surface area contributed by atoms with E-state index < -0.39 is 0 Å². The van der Waals surface area contributed by atoms with Crippen LogP contribution in [0.5, 0.6) is 0 Å². The maximum absolute atomic E-state index is 5.57. The fourth-order valence-corrected chi connectivity index (χ4v) is 2.04. The van der Waals surface area contributed by atoms with Gasteiger partial charge in [0.05, 0.1) is 5.69 Å². The van der Waals surface area contributed by atoms with E-state index in [0.717, 1.165) is 24.3 Å². The Balaban J connectivity index is 1.82. The molecule has 84 valence electrons. The summed E-state index contributed by atoms with van der Waals surface area (Å²) in [5, 5.41) is 6.00. The average molecular weight is 233 g/mol. The van der Waals surface area contributed by atoms with Crippen molar-refractivity contribution in [2.75, 3.05) is 17.6 Å². The number of aromatic nitrogens is 1. The standard InChI is InChI=1S/C12H15N3S/c1-9-2-4-10(5-3-9)14-7-6-11-8-16-12(13)15-11/h2-5,8,14H,6-7H2,1H3,(H2,13,15). The number of rotatable bonds is 4. The molecule has 4 heteroatoms. The summed E-state index contributed by atoms with van der Waals surface area (Å²) in [5.41, 5.74) is 9.05. The van der Waals surface area contributed by atoms with Gasteiger partial charge >= 0.3 is 0 Å². The molecular formula is C12H15N3S. The number of nitrogen functional groups attached to an aromatic ring is 1. The minimum atomic E-state index is 0.644. The summed E-state index contributed by atoms with van der Waals surface area (Å²) >= 11 is 1.49. The van der Waals surface area contributed by atoms with Gasteiger partial charge in [-0.1, -0.05) is 17.7 Å². The van der Waals surface area contributed by atoms with Crippen LogP contribution in [0.1, 0.15) is 11.3 Å². The number of nitrogens with one attached hydrogen (secondary N) is 1. The highest BCUT2D eigenvalue weighted by Gasteiger charge is 1.98. The lowest BCUT2D eigenvalue weighted by Crippen LogP contribution is -2.05. The van der Waals surface area contributed by atoms with E-state index >= 15 is 0 Å². The second-order valence-electron chi connectivity index (χ2n) is 3.72. The maximum Gasteiger partial charge on any atom is 0.180 e. The van der Waals surface area contributed by atoms with Crippen molar-refractivity contribution in [3.05, 3.63) is 40.9 Å². The lowest BCUT2D eigenvalue weighted by molar-refractivity contribution is 0.979. The Hall–Kier alpha value is -1.55. The molecule has 0 amide bonds. The van der Waals surface area contributed by atoms with Gasteiger partial charge in [0.1, 0.15) is 0 Å². The van der Waals surface area contributed by atoms with E-state index in [2.05, 4.69) is 41.5 Å². The summed E-state index contributed by atoms with van der Waals surface area (Å²) in [5.74, 6) is 0. The third-order valence-corrected chi connectivity index (χ3v) is 3.05. The van der Waals surface area contributed by atoms with Crippen LogP contribution < -0.4 is 11.1 Å². The molecule has 1 aromatic carbocycles. The van der Waals surface area contributed by atoms with Crippen LogP contribution in [0.3, 0.4) is 0 Å². The highest BCUT2D eigenvalue weighted by atomic mass is 32.1. The largest absolute Gasteiger partial charge is 0.385 e. The predicted molar refractivity (Wildman–Crippen MR) is 69.9 cm³/mol. The molecule has 0 aliphatic rings. The average Bonchev–Trinajstić information content (AvgIpc) is 2.67. The maximum atomic E-state index is 5.57. The molecule has 0 atom stereocenters. The van der Waals surface area contributed by atoms with Gasteiger partial charge in [0.25, 0.3) is 0 Å². The number of benzene rings is 1. The Morgan fingerprint density at radius 3 is 2.69 bits per heavy atom. The quantitative estimate of drug-likeness (QED) is 0.853. The third-order valence-electron chi connectivity index (χ3n) is 2.33. The van der Waals surface area contributed by atoms with Crippen LogP contribution in [-0.2, 0) is 6.42 Å². The summed E-state index contributed by atoms with van der Waals surface area (Å²) in [4.78, 5) is 4.21. The fraction of sp³-hybridized carbons (Fsp3) is 0.250. The minimum Gasteiger partial charge on any atom is -0.385 e. The SMILES string of the molecule is Cc1ccc(NCCc2csc(N)n2)cc1. The summed E-state index contributed by atoms with van der Waals surface area (Å²) in [6.45, 7) is 2.97. The minimum absolute atomic E-state index is 0.644. The van der Waals surface area contributed by atoms with Crippen LogP contribution in [0.4, 0.5) is 10.8 Å². The number of nitrogens with zero attached hydrogens (tertiary/aromatic N) is 1. The van der Waals surface area contributed by atoms with Crippen molar-refractivity contribution in [2.45, 2.75) is 13.3 Å². The summed E-state index contributed by atoms with van der Waals surface area (Å²) in [6, 6.07) is 8.38. The van der Waals surface area contributed by atoms with E-state index in [0.29, 0.717) is 5.13 Å². The van der Waals surface area contributed by atoms with Gasteiger partial charge in [-0.05, 0) is 19.1 Å². The molecule has 0 fully saturated rings. The molecular weight excluding hydrogens is 218 g/mol. The molecule has 0 radical (unpaired) electrons. The smallest absolute Gasteiger partial charge is 0.180 e. The van der Waals surface area contributed by atoms with Crippen molar-refractivity contribution in [2.24, 2.45) is 0 Å². The van der Waals surface area contributed by atoms with Crippen molar-refractivity contribution >= 4 is 22.2 Å². The molecule has 16 heavy (non-hydrogen) atoms. The zero-order valence-electron chi connectivity index (χ0n) is 9.23. The van der Waals surface area contributed by atoms with E-state index in [1.807, 2.05) is 5.38 Å². The van der Waals surface area contributed by atoms with Crippen molar-refractivity contribution in [3.63, 3.8) is 0 Å². The Bertz CT molecular complexity index is 448. The van der Waals surface area contributed by atoms with E-state index in [4.69, 9.17) is 5.73 Å². The fourth-order valence-electron chi connectivity index (χ4n) is 1.44. The second kappa shape index (κ2) is 4.99. The van der Waals surface area contributed by atoms with Gasteiger partial charge in [-0.2, -0.15) is 0 Å². The number of hydrogen-bond donors (Lipinski definition) is 2. The van der Waals surface area contributed by atoms with Gasteiger partial charge in [0.15, 0.2) is 5.13 Å². The predicted octanol–water partition coefficient (Wildman–Crippen LogP) is 2.69. The lowest BCUT2D eigenvalue weighted by Gasteiger charge is -2.05. The molecule has 1 aromatic heterocycles.